The number of aromatic nitrogens is 8. The molecule has 0 amide bonds. The standard InChI is InChI=1S/C21H28N10O13P2.H20P18/c1-21(31-7-28-10-16(22)25-5-27-19(10)31)15(35)13(33)9(43-21)3-41-46(38,39)44-45(36,37)40-2-8-12(32)14(34)20(42-8)30-6-29-18-11(17(30)23)24-4-26-18;1-11(2)16(12(3)4)18(15(9)10)17(13(5)6)14(7)8/h4-9,12-15,20,23,32-35H,2-3H2,1H3,(H,24,26)(H,36,37)(H,38,39)(H2,22,25,27);1-10H2/p-2/t8-,9+,12+,13?,14?,15-,20-,21+;/m1./s1. The fourth-order valence-corrected chi connectivity index (χ4v) is 217. The quantitative estimate of drug-likeness (QED) is 0.0578. The van der Waals surface area contributed by atoms with E-state index in [-0.39, 0.29) is 89.5 Å². The minimum atomic E-state index is -5.71. The number of anilines is 1. The number of phosphoric ester groups is 2. The number of aliphatic hydroxyl groups is 4. The Kier molecular flexibility index (Phi) is 23.5. The third-order valence-electron chi connectivity index (χ3n) is 8.86. The van der Waals surface area contributed by atoms with E-state index in [9.17, 15) is 39.3 Å². The largest absolute Gasteiger partial charge is 0.756 e. The second-order valence-electron chi connectivity index (χ2n) is 13.1. The number of H-pyrrole nitrogens is 1. The zero-order chi connectivity index (χ0) is 47.8. The van der Waals surface area contributed by atoms with Gasteiger partial charge in [0, 0.05) is 0 Å². The summed E-state index contributed by atoms with van der Waals surface area (Å²) in [6.45, 7) is 0.0428. The molecule has 64 heavy (non-hydrogen) atoms. The van der Waals surface area contributed by atoms with Crippen LogP contribution in [0.1, 0.15) is 13.2 Å². The number of nitrogen functional groups attached to an aromatic ring is 1. The summed E-state index contributed by atoms with van der Waals surface area (Å²) in [6.07, 6.45) is -6.50. The first kappa shape index (κ1) is 59.3. The Morgan fingerprint density at radius 3 is 1.91 bits per heavy atom. The van der Waals surface area contributed by atoms with Crippen molar-refractivity contribution in [2.45, 2.75) is 55.5 Å². The van der Waals surface area contributed by atoms with Gasteiger partial charge >= 0.3 is 0 Å². The van der Waals surface area contributed by atoms with E-state index in [1.807, 2.05) is 0 Å². The summed E-state index contributed by atoms with van der Waals surface area (Å²) in [6, 6.07) is 0. The summed E-state index contributed by atoms with van der Waals surface area (Å²) in [5, 5.41) is 50.4. The summed E-state index contributed by atoms with van der Waals surface area (Å²) in [4.78, 5) is 47.3. The molecule has 2 aliphatic heterocycles. The molecular weight excluding hydrogens is 1220 g/mol. The minimum absolute atomic E-state index is 0.0318. The van der Waals surface area contributed by atoms with Crippen LogP contribution in [0.4, 0.5) is 5.82 Å². The molecule has 4 aromatic heterocycles. The number of nitrogens with one attached hydrogen (secondary N) is 2. The van der Waals surface area contributed by atoms with Gasteiger partial charge in [0.15, 0.2) is 34.6 Å². The van der Waals surface area contributed by atoms with Gasteiger partial charge in [0.05, 0.1) is 25.9 Å². The summed E-state index contributed by atoms with van der Waals surface area (Å²) in [5.41, 5.74) is 4.52. The lowest BCUT2D eigenvalue weighted by molar-refractivity contribution is -0.247. The number of imidazole rings is 2. The van der Waals surface area contributed by atoms with E-state index in [0.717, 1.165) is 17.2 Å². The molecule has 23 nitrogen and oxygen atoms in total. The molecule has 0 saturated carbocycles. The number of aliphatic hydroxyl groups excluding tert-OH is 4. The molecule has 14 unspecified atom stereocenters. The van der Waals surface area contributed by atoms with Crippen molar-refractivity contribution >= 4 is 189 Å². The number of phosphoric acid groups is 2. The molecule has 2 fully saturated rings. The van der Waals surface area contributed by atoms with Crippen molar-refractivity contribution in [3.8, 4) is 0 Å². The first-order chi connectivity index (χ1) is 29.7. The van der Waals surface area contributed by atoms with Gasteiger partial charge in [0.1, 0.15) is 60.3 Å². The third-order valence-corrected chi connectivity index (χ3v) is 120. The van der Waals surface area contributed by atoms with Crippen LogP contribution in [0, 0.1) is 5.41 Å². The molecular formula is C21H46N10O13P20-2. The molecule has 20 atom stereocenters. The fourth-order valence-electron chi connectivity index (χ4n) is 5.99. The van der Waals surface area contributed by atoms with Crippen LogP contribution in [0.15, 0.2) is 25.3 Å². The van der Waals surface area contributed by atoms with Crippen molar-refractivity contribution in [3.63, 3.8) is 0 Å². The summed E-state index contributed by atoms with van der Waals surface area (Å²) in [5.74, 6) is 0.0318. The monoisotopic (exact) mass is 1270 g/mol. The van der Waals surface area contributed by atoms with E-state index in [4.69, 9.17) is 20.6 Å². The molecule has 0 radical (unpaired) electrons. The Labute approximate surface area is 398 Å². The highest BCUT2D eigenvalue weighted by Crippen LogP contribution is 3.28. The van der Waals surface area contributed by atoms with E-state index in [1.54, 1.807) is 0 Å². The summed E-state index contributed by atoms with van der Waals surface area (Å²) >= 11 is 0. The van der Waals surface area contributed by atoms with Gasteiger partial charge in [-0.1, -0.05) is 0 Å². The second-order valence-corrected chi connectivity index (χ2v) is 86.4. The molecule has 4 aromatic rings. The average Bonchev–Trinajstić information content (AvgIpc) is 3.97. The van der Waals surface area contributed by atoms with Crippen LogP contribution in [0.2, 0.25) is 0 Å². The predicted molar refractivity (Wildman–Crippen MR) is 295 cm³/mol. The Hall–Kier alpha value is 4.46. The lowest BCUT2D eigenvalue weighted by Gasteiger charge is -2.43. The Morgan fingerprint density at radius 2 is 1.36 bits per heavy atom. The SMILES string of the molecule is C[C@]1(n2cnc3c(N)ncnc32)O[C@@H](COP(=O)([O-])OP(=O)([O-])OC[C@H]2O[C@@H](n3cnc4nc[nH]c4c3=N)C(O)[C@H]2O)C(O)[C@H]1O.PP(P)P(P(P)P)P(P(P)P)P(P(P)P)P(P)P. The van der Waals surface area contributed by atoms with E-state index in [0.29, 0.717) is 0 Å². The minimum Gasteiger partial charge on any atom is -0.756 e. The molecule has 0 aliphatic carbocycles. The molecule has 6 heterocycles. The zero-order valence-electron chi connectivity index (χ0n) is 32.7. The summed E-state index contributed by atoms with van der Waals surface area (Å²) < 4.78 is 51.5. The number of hydrogen-bond donors (Lipinski definition) is 7. The Bertz CT molecular complexity index is 2340. The first-order valence-corrected chi connectivity index (χ1v) is 51.9. The van der Waals surface area contributed by atoms with Gasteiger partial charge in [-0.25, -0.2) is 29.2 Å². The lowest BCUT2D eigenvalue weighted by Crippen LogP contribution is -2.43. The van der Waals surface area contributed by atoms with Gasteiger partial charge in [0.25, 0.3) is 15.6 Å². The van der Waals surface area contributed by atoms with Crippen LogP contribution < -0.4 is 21.0 Å². The lowest BCUT2D eigenvalue weighted by atomic mass is 10.0. The fraction of sp³-hybridized carbons (Fsp3) is 0.524. The number of aromatic amines is 1. The van der Waals surface area contributed by atoms with E-state index in [2.05, 4.69) is 133 Å². The molecule has 8 N–H and O–H groups in total. The topological polar surface area (TPSA) is 347 Å². The van der Waals surface area contributed by atoms with Crippen molar-refractivity contribution in [2.75, 3.05) is 18.9 Å². The van der Waals surface area contributed by atoms with Gasteiger partial charge in [0.2, 0.25) is 0 Å². The van der Waals surface area contributed by atoms with Crippen LogP contribution in [-0.2, 0) is 37.7 Å². The number of fused-ring (bicyclic) bond motifs is 2. The Balaban J connectivity index is 0.000000363. The van der Waals surface area contributed by atoms with E-state index in [1.165, 1.54) is 24.1 Å². The van der Waals surface area contributed by atoms with Crippen molar-refractivity contribution in [1.82, 2.24) is 39.0 Å². The number of ether oxygens (including phenoxy) is 2. The maximum absolute atomic E-state index is 12.4. The van der Waals surface area contributed by atoms with Crippen LogP contribution in [0.25, 0.3) is 22.3 Å². The first-order valence-electron chi connectivity index (χ1n) is 17.2. The smallest absolute Gasteiger partial charge is 0.274 e. The van der Waals surface area contributed by atoms with E-state index >= 15 is 0 Å². The highest BCUT2D eigenvalue weighted by molar-refractivity contribution is 9.33. The molecule has 360 valence electrons. The van der Waals surface area contributed by atoms with Crippen LogP contribution in [0.3, 0.4) is 0 Å². The molecule has 43 heteroatoms. The van der Waals surface area contributed by atoms with Crippen molar-refractivity contribution in [2.24, 2.45) is 0 Å². The normalized spacial score (nSPS) is 27.3. The predicted octanol–water partition coefficient (Wildman–Crippen LogP) is 6.21. The van der Waals surface area contributed by atoms with Gasteiger partial charge in [-0.3, -0.25) is 23.7 Å². The zero-order valence-corrected chi connectivity index (χ0v) is 53.2. The van der Waals surface area contributed by atoms with Gasteiger partial charge in [-0.15, -0.1) is 89.3 Å². The molecule has 0 spiro atoms. The molecule has 6 rings (SSSR count). The van der Waals surface area contributed by atoms with Crippen molar-refractivity contribution in [1.29, 1.82) is 5.41 Å². The number of hydrogen-bond acceptors (Lipinski definition) is 20. The third kappa shape index (κ3) is 14.2. The van der Waals surface area contributed by atoms with Gasteiger partial charge < -0.3 is 59.5 Å². The number of nitrogens with two attached hydrogens (primary N) is 1. The molecule has 2 saturated heterocycles. The van der Waals surface area contributed by atoms with Crippen LogP contribution in [0.5, 0.6) is 0 Å². The highest BCUT2D eigenvalue weighted by Gasteiger charge is 2.54. The second kappa shape index (κ2) is 25.3. The van der Waals surface area contributed by atoms with Crippen molar-refractivity contribution < 1.29 is 62.2 Å². The maximum Gasteiger partial charge on any atom is 0.274 e. The molecule has 0 aromatic carbocycles. The molecule has 0 bridgehead atoms. The average molecular weight is 1270 g/mol. The van der Waals surface area contributed by atoms with Gasteiger partial charge in [-0.05, 0) is 62.8 Å². The number of nitrogens with zero attached hydrogens (tertiary/aromatic N) is 7. The van der Waals surface area contributed by atoms with Crippen LogP contribution >= 0.6 is 161 Å². The van der Waals surface area contributed by atoms with Crippen LogP contribution in [-0.4, -0.2) is 109 Å². The molecule has 2 aliphatic rings. The van der Waals surface area contributed by atoms with E-state index < -0.39 is 77.4 Å². The maximum atomic E-state index is 12.4. The highest BCUT2D eigenvalue weighted by atomic mass is 33.4. The van der Waals surface area contributed by atoms with Crippen molar-refractivity contribution in [3.05, 3.63) is 30.8 Å². The Morgan fingerprint density at radius 1 is 0.812 bits per heavy atom. The van der Waals surface area contributed by atoms with Gasteiger partial charge in [-0.2, -0.15) is 0 Å². The number of rotatable bonds is 17. The summed E-state index contributed by atoms with van der Waals surface area (Å²) in [7, 11) is 19.8.